The number of H-pyrrole nitrogens is 1. The van der Waals surface area contributed by atoms with Gasteiger partial charge in [-0.1, -0.05) is 0 Å². The van der Waals surface area contributed by atoms with Gasteiger partial charge in [0.05, 0.1) is 38.2 Å². The van der Waals surface area contributed by atoms with Crippen molar-refractivity contribution in [3.63, 3.8) is 0 Å². The van der Waals surface area contributed by atoms with Crippen molar-refractivity contribution < 1.29 is 18.6 Å². The van der Waals surface area contributed by atoms with Gasteiger partial charge in [0.1, 0.15) is 17.6 Å². The number of furan rings is 1. The Balaban J connectivity index is 1.47. The molecule has 39 heavy (non-hydrogen) atoms. The molecule has 0 aliphatic carbocycles. The summed E-state index contributed by atoms with van der Waals surface area (Å²) in [5.74, 6) is 2.11. The van der Waals surface area contributed by atoms with Crippen LogP contribution in [0.3, 0.4) is 0 Å². The molecule has 3 aromatic heterocycles. The van der Waals surface area contributed by atoms with Gasteiger partial charge in [0.25, 0.3) is 5.56 Å². The molecule has 6 rings (SSSR count). The quantitative estimate of drug-likeness (QED) is 0.308. The minimum atomic E-state index is -0.556. The number of hydrogen-bond acceptors (Lipinski definition) is 9. The highest BCUT2D eigenvalue weighted by atomic mass is 16.5. The molecule has 11 heteroatoms. The number of benzene rings is 1. The van der Waals surface area contributed by atoms with Gasteiger partial charge in [-0.2, -0.15) is 0 Å². The van der Waals surface area contributed by atoms with Crippen molar-refractivity contribution in [2.45, 2.75) is 63.9 Å². The molecule has 2 aliphatic heterocycles. The van der Waals surface area contributed by atoms with Crippen LogP contribution in [0.1, 0.15) is 55.8 Å². The zero-order valence-electron chi connectivity index (χ0n) is 22.1. The number of ether oxygens (including phenoxy) is 3. The number of pyridine rings is 1. The molecular weight excluding hydrogens is 500 g/mol. The van der Waals surface area contributed by atoms with E-state index in [-0.39, 0.29) is 17.8 Å². The van der Waals surface area contributed by atoms with Gasteiger partial charge < -0.3 is 23.6 Å². The van der Waals surface area contributed by atoms with Crippen LogP contribution in [0.25, 0.3) is 10.9 Å². The van der Waals surface area contributed by atoms with Crippen LogP contribution in [0.2, 0.25) is 0 Å². The Morgan fingerprint density at radius 2 is 2.00 bits per heavy atom. The lowest BCUT2D eigenvalue weighted by Crippen LogP contribution is -2.39. The fourth-order valence-electron chi connectivity index (χ4n) is 5.59. The summed E-state index contributed by atoms with van der Waals surface area (Å²) in [5.41, 5.74) is 1.09. The Morgan fingerprint density at radius 3 is 2.74 bits per heavy atom. The lowest BCUT2D eigenvalue weighted by molar-refractivity contribution is 0.0528. The van der Waals surface area contributed by atoms with E-state index in [0.29, 0.717) is 37.6 Å². The molecule has 3 atom stereocenters. The Labute approximate surface area is 226 Å². The molecule has 0 saturated carbocycles. The fourth-order valence-corrected chi connectivity index (χ4v) is 5.59. The van der Waals surface area contributed by atoms with Gasteiger partial charge in [0, 0.05) is 36.2 Å². The lowest BCUT2D eigenvalue weighted by Gasteiger charge is -2.32. The van der Waals surface area contributed by atoms with E-state index in [1.54, 1.807) is 10.9 Å². The maximum atomic E-state index is 13.7. The van der Waals surface area contributed by atoms with Gasteiger partial charge in [-0.25, -0.2) is 4.68 Å². The third kappa shape index (κ3) is 5.75. The van der Waals surface area contributed by atoms with Crippen molar-refractivity contribution >= 4 is 10.9 Å². The van der Waals surface area contributed by atoms with E-state index < -0.39 is 6.04 Å². The first-order chi connectivity index (χ1) is 19.2. The van der Waals surface area contributed by atoms with Crippen LogP contribution < -0.4 is 10.3 Å². The van der Waals surface area contributed by atoms with Crippen molar-refractivity contribution in [1.29, 1.82) is 0 Å². The number of nitrogens with zero attached hydrogens (tertiary/aromatic N) is 5. The van der Waals surface area contributed by atoms with Crippen molar-refractivity contribution in [2.75, 3.05) is 26.4 Å². The minimum absolute atomic E-state index is 0.0354. The molecule has 0 radical (unpaired) electrons. The normalized spacial score (nSPS) is 20.3. The maximum absolute atomic E-state index is 13.7. The number of fused-ring (bicyclic) bond motifs is 1. The Hall–Kier alpha value is -3.54. The largest absolute Gasteiger partial charge is 0.494 e. The third-order valence-corrected chi connectivity index (χ3v) is 7.42. The van der Waals surface area contributed by atoms with Crippen LogP contribution in [0.15, 0.2) is 51.9 Å². The number of aromatic nitrogens is 5. The van der Waals surface area contributed by atoms with E-state index >= 15 is 0 Å². The summed E-state index contributed by atoms with van der Waals surface area (Å²) in [7, 11) is 0. The second kappa shape index (κ2) is 11.7. The van der Waals surface area contributed by atoms with E-state index in [9.17, 15) is 4.79 Å². The Kier molecular flexibility index (Phi) is 7.71. The van der Waals surface area contributed by atoms with Gasteiger partial charge in [-0.05, 0) is 79.4 Å². The number of nitrogens with one attached hydrogen (secondary N) is 1. The summed E-state index contributed by atoms with van der Waals surface area (Å²) < 4.78 is 25.2. The summed E-state index contributed by atoms with van der Waals surface area (Å²) in [6, 6.07) is 10.9. The molecular formula is C28H34N6O5. The van der Waals surface area contributed by atoms with Crippen LogP contribution in [0.5, 0.6) is 5.75 Å². The summed E-state index contributed by atoms with van der Waals surface area (Å²) in [6.45, 7) is 5.55. The highest BCUT2D eigenvalue weighted by molar-refractivity contribution is 5.80. The van der Waals surface area contributed by atoms with Gasteiger partial charge in [-0.15, -0.1) is 5.10 Å². The third-order valence-electron chi connectivity index (χ3n) is 7.42. The number of rotatable bonds is 11. The first-order valence-corrected chi connectivity index (χ1v) is 13.7. The van der Waals surface area contributed by atoms with Crippen LogP contribution in [-0.4, -0.2) is 68.7 Å². The lowest BCUT2D eigenvalue weighted by atomic mass is 10.0. The van der Waals surface area contributed by atoms with Crippen LogP contribution in [-0.2, 0) is 22.6 Å². The number of tetrazole rings is 1. The monoisotopic (exact) mass is 534 g/mol. The van der Waals surface area contributed by atoms with E-state index in [1.165, 1.54) is 0 Å². The van der Waals surface area contributed by atoms with Crippen molar-refractivity contribution in [3.8, 4) is 5.75 Å². The summed E-state index contributed by atoms with van der Waals surface area (Å²) >= 11 is 0. The van der Waals surface area contributed by atoms with Crippen molar-refractivity contribution in [3.05, 3.63) is 70.2 Å². The SMILES string of the molecule is CCOc1ccc2[nH]c(=O)c(C(c3nnnn3CC3CCCO3)N(Cc3ccco3)CC3CCCO3)cc2c1. The summed E-state index contributed by atoms with van der Waals surface area (Å²) in [6.07, 6.45) is 5.66. The van der Waals surface area contributed by atoms with Gasteiger partial charge >= 0.3 is 0 Å². The summed E-state index contributed by atoms with van der Waals surface area (Å²) in [5, 5.41) is 13.7. The topological polar surface area (TPSA) is 121 Å². The number of hydrogen-bond donors (Lipinski definition) is 1. The van der Waals surface area contributed by atoms with E-state index in [4.69, 9.17) is 18.6 Å². The van der Waals surface area contributed by atoms with E-state index in [1.807, 2.05) is 43.3 Å². The molecule has 2 fully saturated rings. The van der Waals surface area contributed by atoms with Gasteiger partial charge in [0.15, 0.2) is 5.82 Å². The number of aromatic amines is 1. The molecule has 1 aromatic carbocycles. The first kappa shape index (κ1) is 25.7. The molecule has 11 nitrogen and oxygen atoms in total. The van der Waals surface area contributed by atoms with E-state index in [0.717, 1.165) is 61.3 Å². The Bertz CT molecular complexity index is 1420. The first-order valence-electron chi connectivity index (χ1n) is 13.7. The zero-order valence-corrected chi connectivity index (χ0v) is 22.1. The van der Waals surface area contributed by atoms with Crippen LogP contribution in [0, 0.1) is 0 Å². The molecule has 206 valence electrons. The van der Waals surface area contributed by atoms with Crippen molar-refractivity contribution in [2.24, 2.45) is 0 Å². The highest BCUT2D eigenvalue weighted by Gasteiger charge is 2.34. The molecule has 0 bridgehead atoms. The Morgan fingerprint density at radius 1 is 1.15 bits per heavy atom. The molecule has 0 spiro atoms. The van der Waals surface area contributed by atoms with E-state index in [2.05, 4.69) is 25.4 Å². The molecule has 2 saturated heterocycles. The molecule has 5 heterocycles. The van der Waals surface area contributed by atoms with Crippen LogP contribution in [0.4, 0.5) is 0 Å². The smallest absolute Gasteiger partial charge is 0.253 e. The molecule has 1 N–H and O–H groups in total. The molecule has 3 unspecified atom stereocenters. The zero-order chi connectivity index (χ0) is 26.6. The maximum Gasteiger partial charge on any atom is 0.253 e. The van der Waals surface area contributed by atoms with Crippen molar-refractivity contribution in [1.82, 2.24) is 30.1 Å². The van der Waals surface area contributed by atoms with Gasteiger partial charge in [-0.3, -0.25) is 9.69 Å². The second-order valence-corrected chi connectivity index (χ2v) is 10.1. The fraction of sp³-hybridized carbons (Fsp3) is 0.500. The average Bonchev–Trinajstić information content (AvgIpc) is 3.75. The standard InChI is InChI=1S/C28H34N6O5/c1-2-36-20-9-10-25-19(14-20)15-24(28(35)29-25)26(27-30-31-32-34(27)18-23-8-5-13-39-23)33(16-21-6-3-11-37-21)17-22-7-4-12-38-22/h3,6,9-11,14-15,22-23,26H,2,4-5,7-8,12-13,16-18H2,1H3,(H,29,35). The predicted octanol–water partition coefficient (Wildman–Crippen LogP) is 3.46. The minimum Gasteiger partial charge on any atom is -0.494 e. The predicted molar refractivity (Wildman–Crippen MR) is 142 cm³/mol. The van der Waals surface area contributed by atoms with Crippen LogP contribution >= 0.6 is 0 Å². The highest BCUT2D eigenvalue weighted by Crippen LogP contribution is 2.31. The van der Waals surface area contributed by atoms with Gasteiger partial charge in [0.2, 0.25) is 0 Å². The molecule has 4 aromatic rings. The molecule has 2 aliphatic rings. The average molecular weight is 535 g/mol. The summed E-state index contributed by atoms with van der Waals surface area (Å²) in [4.78, 5) is 19.0. The molecule has 0 amide bonds. The second-order valence-electron chi connectivity index (χ2n) is 10.1.